The van der Waals surface area contributed by atoms with Crippen molar-refractivity contribution in [2.75, 3.05) is 33.8 Å². The van der Waals surface area contributed by atoms with E-state index < -0.39 is 0 Å². The Bertz CT molecular complexity index is 668. The second kappa shape index (κ2) is 8.21. The van der Waals surface area contributed by atoms with Crippen LogP contribution in [0.15, 0.2) is 24.5 Å². The van der Waals surface area contributed by atoms with Gasteiger partial charge in [-0.2, -0.15) is 0 Å². The van der Waals surface area contributed by atoms with Gasteiger partial charge in [-0.15, -0.1) is 11.3 Å². The number of hydrogen-bond donors (Lipinski definition) is 0. The Labute approximate surface area is 149 Å². The van der Waals surface area contributed by atoms with Crippen LogP contribution in [0.25, 0.3) is 0 Å². The Morgan fingerprint density at radius 3 is 2.92 bits per heavy atom. The third-order valence-corrected chi connectivity index (χ3v) is 5.41. The molecule has 0 aliphatic carbocycles. The SMILES string of the molecule is Cc1ccc(CN2CCc3c(COCCN(C)C)cncc3C2)s1. The summed E-state index contributed by atoms with van der Waals surface area (Å²) in [6.07, 6.45) is 5.10. The summed E-state index contributed by atoms with van der Waals surface area (Å²) in [6, 6.07) is 4.46. The van der Waals surface area contributed by atoms with Crippen molar-refractivity contribution in [1.82, 2.24) is 14.8 Å². The van der Waals surface area contributed by atoms with Crippen molar-refractivity contribution in [2.24, 2.45) is 0 Å². The minimum atomic E-state index is 0.675. The van der Waals surface area contributed by atoms with Crippen LogP contribution in [0.1, 0.15) is 26.4 Å². The fourth-order valence-corrected chi connectivity index (χ4v) is 4.04. The van der Waals surface area contributed by atoms with Crippen LogP contribution in [-0.4, -0.2) is 48.6 Å². The molecule has 2 aromatic heterocycles. The zero-order chi connectivity index (χ0) is 16.9. The first-order valence-corrected chi connectivity index (χ1v) is 9.38. The highest BCUT2D eigenvalue weighted by Gasteiger charge is 2.19. The molecule has 0 atom stereocenters. The lowest BCUT2D eigenvalue weighted by atomic mass is 9.97. The monoisotopic (exact) mass is 345 g/mol. The molecule has 2 aromatic rings. The number of aromatic nitrogens is 1. The molecule has 0 fully saturated rings. The number of hydrogen-bond acceptors (Lipinski definition) is 5. The number of fused-ring (bicyclic) bond motifs is 1. The molecule has 130 valence electrons. The molecule has 3 heterocycles. The molecule has 3 rings (SSSR count). The van der Waals surface area contributed by atoms with Crippen LogP contribution in [-0.2, 0) is 30.9 Å². The molecule has 0 radical (unpaired) electrons. The van der Waals surface area contributed by atoms with Gasteiger partial charge in [-0.1, -0.05) is 0 Å². The van der Waals surface area contributed by atoms with Gasteiger partial charge in [0.2, 0.25) is 0 Å². The summed E-state index contributed by atoms with van der Waals surface area (Å²) in [4.78, 5) is 11.9. The molecular formula is C19H27N3OS. The Morgan fingerprint density at radius 1 is 1.29 bits per heavy atom. The molecule has 0 saturated heterocycles. The third kappa shape index (κ3) is 4.63. The predicted octanol–water partition coefficient (Wildman–Crippen LogP) is 3.09. The topological polar surface area (TPSA) is 28.6 Å². The number of likely N-dealkylation sites (N-methyl/N-ethyl adjacent to an activating group) is 1. The molecular weight excluding hydrogens is 318 g/mol. The van der Waals surface area contributed by atoms with Gasteiger partial charge >= 0.3 is 0 Å². The number of ether oxygens (including phenoxy) is 1. The molecule has 0 spiro atoms. The fraction of sp³-hybridized carbons (Fsp3) is 0.526. The quantitative estimate of drug-likeness (QED) is 0.721. The van der Waals surface area contributed by atoms with E-state index >= 15 is 0 Å². The fourth-order valence-electron chi connectivity index (χ4n) is 3.11. The summed E-state index contributed by atoms with van der Waals surface area (Å²) in [7, 11) is 4.14. The van der Waals surface area contributed by atoms with Crippen LogP contribution in [0.2, 0.25) is 0 Å². The maximum atomic E-state index is 5.83. The predicted molar refractivity (Wildman–Crippen MR) is 99.3 cm³/mol. The molecule has 0 aromatic carbocycles. The highest BCUT2D eigenvalue weighted by atomic mass is 32.1. The van der Waals surface area contributed by atoms with Crippen molar-refractivity contribution in [3.8, 4) is 0 Å². The van der Waals surface area contributed by atoms with Gasteiger partial charge in [0.25, 0.3) is 0 Å². The molecule has 0 N–H and O–H groups in total. The minimum absolute atomic E-state index is 0.675. The summed E-state index contributed by atoms with van der Waals surface area (Å²) >= 11 is 1.90. The van der Waals surface area contributed by atoms with Crippen LogP contribution in [0.3, 0.4) is 0 Å². The van der Waals surface area contributed by atoms with E-state index in [9.17, 15) is 0 Å². The first kappa shape index (κ1) is 17.5. The molecule has 24 heavy (non-hydrogen) atoms. The average molecular weight is 346 g/mol. The van der Waals surface area contributed by atoms with E-state index in [-0.39, 0.29) is 0 Å². The summed E-state index contributed by atoms with van der Waals surface area (Å²) in [5.74, 6) is 0. The van der Waals surface area contributed by atoms with Gasteiger partial charge < -0.3 is 9.64 Å². The van der Waals surface area contributed by atoms with Gasteiger partial charge in [-0.25, -0.2) is 0 Å². The first-order chi connectivity index (χ1) is 11.6. The van der Waals surface area contributed by atoms with E-state index in [0.29, 0.717) is 6.61 Å². The standard InChI is InChI=1S/C19H27N3OS/c1-15-4-5-18(24-15)13-22-7-6-19-16(12-22)10-20-11-17(19)14-23-9-8-21(2)3/h4-5,10-11H,6-9,12-14H2,1-3H3. The number of pyridine rings is 1. The lowest BCUT2D eigenvalue weighted by molar-refractivity contribution is 0.104. The zero-order valence-electron chi connectivity index (χ0n) is 14.9. The van der Waals surface area contributed by atoms with Gasteiger partial charge in [0.15, 0.2) is 0 Å². The Balaban J connectivity index is 1.59. The molecule has 0 unspecified atom stereocenters. The lowest BCUT2D eigenvalue weighted by Gasteiger charge is -2.29. The number of thiophene rings is 1. The summed E-state index contributed by atoms with van der Waals surface area (Å²) in [5, 5.41) is 0. The molecule has 5 heteroatoms. The smallest absolute Gasteiger partial charge is 0.0735 e. The zero-order valence-corrected chi connectivity index (χ0v) is 15.7. The van der Waals surface area contributed by atoms with Crippen molar-refractivity contribution in [2.45, 2.75) is 33.0 Å². The lowest BCUT2D eigenvalue weighted by Crippen LogP contribution is -2.30. The molecule has 0 bridgehead atoms. The van der Waals surface area contributed by atoms with E-state index in [4.69, 9.17) is 4.74 Å². The summed E-state index contributed by atoms with van der Waals surface area (Å²) in [6.45, 7) is 7.71. The van der Waals surface area contributed by atoms with Crippen LogP contribution in [0.5, 0.6) is 0 Å². The molecule has 1 aliphatic rings. The van der Waals surface area contributed by atoms with Gasteiger partial charge in [-0.05, 0) is 56.3 Å². The first-order valence-electron chi connectivity index (χ1n) is 8.56. The number of nitrogens with zero attached hydrogens (tertiary/aromatic N) is 3. The van der Waals surface area contributed by atoms with Crippen molar-refractivity contribution < 1.29 is 4.74 Å². The molecule has 1 aliphatic heterocycles. The maximum absolute atomic E-state index is 5.83. The van der Waals surface area contributed by atoms with E-state index in [1.165, 1.54) is 26.4 Å². The molecule has 0 amide bonds. The van der Waals surface area contributed by atoms with Gasteiger partial charge in [0.05, 0.1) is 13.2 Å². The summed E-state index contributed by atoms with van der Waals surface area (Å²) < 4.78 is 5.83. The Morgan fingerprint density at radius 2 is 2.17 bits per heavy atom. The van der Waals surface area contributed by atoms with Gasteiger partial charge in [0, 0.05) is 48.3 Å². The van der Waals surface area contributed by atoms with Crippen molar-refractivity contribution >= 4 is 11.3 Å². The van der Waals surface area contributed by atoms with E-state index in [1.807, 2.05) is 23.7 Å². The number of rotatable bonds is 7. The largest absolute Gasteiger partial charge is 0.375 e. The van der Waals surface area contributed by atoms with E-state index in [1.54, 1.807) is 0 Å². The van der Waals surface area contributed by atoms with E-state index in [2.05, 4.69) is 47.9 Å². The highest BCUT2D eigenvalue weighted by Crippen LogP contribution is 2.25. The average Bonchev–Trinajstić information content (AvgIpc) is 2.96. The summed E-state index contributed by atoms with van der Waals surface area (Å²) in [5.41, 5.74) is 4.08. The van der Waals surface area contributed by atoms with Crippen molar-refractivity contribution in [3.63, 3.8) is 0 Å². The van der Waals surface area contributed by atoms with Crippen LogP contribution in [0.4, 0.5) is 0 Å². The molecule has 4 nitrogen and oxygen atoms in total. The maximum Gasteiger partial charge on any atom is 0.0735 e. The normalized spacial score (nSPS) is 15.0. The second-order valence-electron chi connectivity index (χ2n) is 6.77. The van der Waals surface area contributed by atoms with Gasteiger partial charge in [-0.3, -0.25) is 9.88 Å². The van der Waals surface area contributed by atoms with Crippen molar-refractivity contribution in [3.05, 3.63) is 51.0 Å². The van der Waals surface area contributed by atoms with Crippen LogP contribution >= 0.6 is 11.3 Å². The van der Waals surface area contributed by atoms with Crippen molar-refractivity contribution in [1.29, 1.82) is 0 Å². The van der Waals surface area contributed by atoms with Crippen LogP contribution < -0.4 is 0 Å². The second-order valence-corrected chi connectivity index (χ2v) is 8.14. The van der Waals surface area contributed by atoms with Gasteiger partial charge in [0.1, 0.15) is 0 Å². The van der Waals surface area contributed by atoms with E-state index in [0.717, 1.165) is 39.2 Å². The third-order valence-electron chi connectivity index (χ3n) is 4.42. The Hall–Kier alpha value is -1.27. The molecule has 0 saturated carbocycles. The van der Waals surface area contributed by atoms with Crippen LogP contribution in [0, 0.1) is 6.92 Å². The minimum Gasteiger partial charge on any atom is -0.375 e. The highest BCUT2D eigenvalue weighted by molar-refractivity contribution is 7.11. The Kier molecular flexibility index (Phi) is 6.00. The number of aryl methyl sites for hydroxylation is 1.